The molecule has 4 nitrogen and oxygen atoms in total. The third-order valence-corrected chi connectivity index (χ3v) is 5.31. The van der Waals surface area contributed by atoms with E-state index in [9.17, 15) is 19.1 Å². The molecule has 0 fully saturated rings. The molecule has 0 amide bonds. The van der Waals surface area contributed by atoms with Crippen molar-refractivity contribution in [1.29, 1.82) is 5.26 Å². The molecular formula is C23H24F2N2O2. The maximum Gasteiger partial charge on any atom is 0.126 e. The minimum atomic E-state index is -1.71. The van der Waals surface area contributed by atoms with E-state index in [2.05, 4.69) is 11.1 Å². The topological polar surface area (TPSA) is 69.0 Å². The van der Waals surface area contributed by atoms with Gasteiger partial charge in [-0.25, -0.2) is 8.78 Å². The minimum Gasteiger partial charge on any atom is -0.496 e. The molecule has 2 N–H and O–H groups in total. The second-order valence-corrected chi connectivity index (χ2v) is 8.08. The van der Waals surface area contributed by atoms with E-state index in [4.69, 9.17) is 4.74 Å². The van der Waals surface area contributed by atoms with Crippen molar-refractivity contribution in [1.82, 2.24) is 4.98 Å². The standard InChI is InChI=1S/C23H24F2N2O2/c1-22(2,18-9-8-15(25)10-21(18)29-3)13-23(28,14-24)11-20-17(12-26)16-6-4-5-7-19(16)27-20/h4-10,27-28H,11,13-14H2,1-3H3. The fourth-order valence-corrected chi connectivity index (χ4v) is 4.09. The molecule has 6 heteroatoms. The number of para-hydroxylation sites is 1. The zero-order chi connectivity index (χ0) is 21.2. The Morgan fingerprint density at radius 1 is 1.21 bits per heavy atom. The number of nitrogens with zero attached hydrogens (tertiary/aromatic N) is 1. The summed E-state index contributed by atoms with van der Waals surface area (Å²) in [6, 6.07) is 13.7. The number of alkyl halides is 1. The Balaban J connectivity index is 1.95. The number of nitrogens with one attached hydrogen (secondary N) is 1. The highest BCUT2D eigenvalue weighted by atomic mass is 19.1. The van der Waals surface area contributed by atoms with Crippen LogP contribution in [0.5, 0.6) is 5.75 Å². The molecule has 29 heavy (non-hydrogen) atoms. The molecule has 0 radical (unpaired) electrons. The van der Waals surface area contributed by atoms with Gasteiger partial charge < -0.3 is 14.8 Å². The van der Waals surface area contributed by atoms with Crippen molar-refractivity contribution >= 4 is 10.9 Å². The van der Waals surface area contributed by atoms with E-state index in [1.807, 2.05) is 38.1 Å². The number of rotatable bonds is 7. The van der Waals surface area contributed by atoms with Crippen LogP contribution in [0.4, 0.5) is 8.78 Å². The summed E-state index contributed by atoms with van der Waals surface area (Å²) in [5.41, 5.74) is -0.0841. The molecule has 0 aliphatic heterocycles. The van der Waals surface area contributed by atoms with Crippen molar-refractivity contribution < 1.29 is 18.6 Å². The van der Waals surface area contributed by atoms with Crippen LogP contribution in [-0.2, 0) is 11.8 Å². The number of aromatic amines is 1. The second kappa shape index (κ2) is 7.84. The van der Waals surface area contributed by atoms with E-state index in [0.717, 1.165) is 10.9 Å². The lowest BCUT2D eigenvalue weighted by Gasteiger charge is -2.35. The number of methoxy groups -OCH3 is 1. The van der Waals surface area contributed by atoms with Gasteiger partial charge in [-0.3, -0.25) is 0 Å². The predicted octanol–water partition coefficient (Wildman–Crippen LogP) is 4.80. The lowest BCUT2D eigenvalue weighted by atomic mass is 9.73. The average Bonchev–Trinajstić information content (AvgIpc) is 3.03. The molecule has 0 spiro atoms. The van der Waals surface area contributed by atoms with Crippen LogP contribution in [-0.4, -0.2) is 29.5 Å². The first-order valence-corrected chi connectivity index (χ1v) is 9.35. The van der Waals surface area contributed by atoms with Crippen LogP contribution in [0.2, 0.25) is 0 Å². The molecule has 3 aromatic rings. The van der Waals surface area contributed by atoms with Gasteiger partial charge in [0.2, 0.25) is 0 Å². The number of aromatic nitrogens is 1. The number of ether oxygens (including phenoxy) is 1. The van der Waals surface area contributed by atoms with Gasteiger partial charge >= 0.3 is 0 Å². The van der Waals surface area contributed by atoms with Gasteiger partial charge in [0.25, 0.3) is 0 Å². The summed E-state index contributed by atoms with van der Waals surface area (Å²) in [4.78, 5) is 3.14. The molecule has 0 aliphatic carbocycles. The summed E-state index contributed by atoms with van der Waals surface area (Å²) in [6.45, 7) is 2.71. The number of hydrogen-bond donors (Lipinski definition) is 2. The highest BCUT2D eigenvalue weighted by Crippen LogP contribution is 2.39. The molecule has 0 saturated heterocycles. The van der Waals surface area contributed by atoms with Crippen molar-refractivity contribution in [2.75, 3.05) is 13.8 Å². The molecule has 1 aromatic heterocycles. The van der Waals surface area contributed by atoms with Gasteiger partial charge in [0.05, 0.1) is 18.3 Å². The van der Waals surface area contributed by atoms with E-state index in [1.54, 1.807) is 6.07 Å². The van der Waals surface area contributed by atoms with Crippen molar-refractivity contribution in [3.8, 4) is 11.8 Å². The van der Waals surface area contributed by atoms with Gasteiger partial charge in [0.15, 0.2) is 0 Å². The highest BCUT2D eigenvalue weighted by Gasteiger charge is 2.38. The molecule has 0 saturated carbocycles. The lowest BCUT2D eigenvalue weighted by Crippen LogP contribution is -2.41. The summed E-state index contributed by atoms with van der Waals surface area (Å²) in [5.74, 6) is -0.0848. The maximum absolute atomic E-state index is 14.1. The van der Waals surface area contributed by atoms with Crippen LogP contribution < -0.4 is 4.74 Å². The first-order chi connectivity index (χ1) is 13.7. The van der Waals surface area contributed by atoms with Gasteiger partial charge in [-0.15, -0.1) is 0 Å². The van der Waals surface area contributed by atoms with Gasteiger partial charge in [-0.2, -0.15) is 5.26 Å². The Hall–Kier alpha value is -2.91. The number of fused-ring (bicyclic) bond motifs is 1. The minimum absolute atomic E-state index is 0.0476. The largest absolute Gasteiger partial charge is 0.496 e. The quantitative estimate of drug-likeness (QED) is 0.601. The predicted molar refractivity (Wildman–Crippen MR) is 108 cm³/mol. The fourth-order valence-electron chi connectivity index (χ4n) is 4.09. The Labute approximate surface area is 168 Å². The maximum atomic E-state index is 14.1. The smallest absolute Gasteiger partial charge is 0.126 e. The van der Waals surface area contributed by atoms with Crippen molar-refractivity contribution in [3.63, 3.8) is 0 Å². The number of aliphatic hydroxyl groups is 1. The summed E-state index contributed by atoms with van der Waals surface area (Å²) in [7, 11) is 1.44. The van der Waals surface area contributed by atoms with E-state index < -0.39 is 23.5 Å². The van der Waals surface area contributed by atoms with Gasteiger partial charge in [-0.05, 0) is 24.0 Å². The first-order valence-electron chi connectivity index (χ1n) is 9.35. The zero-order valence-electron chi connectivity index (χ0n) is 16.7. The number of H-pyrrole nitrogens is 1. The summed E-state index contributed by atoms with van der Waals surface area (Å²) in [5, 5.41) is 21.4. The molecule has 0 bridgehead atoms. The van der Waals surface area contributed by atoms with Crippen LogP contribution in [0.15, 0.2) is 42.5 Å². The Kier molecular flexibility index (Phi) is 5.63. The molecule has 1 atom stereocenters. The number of benzene rings is 2. The van der Waals surface area contributed by atoms with Crippen LogP contribution in [0, 0.1) is 17.1 Å². The van der Waals surface area contributed by atoms with E-state index in [1.165, 1.54) is 19.2 Å². The van der Waals surface area contributed by atoms with Gasteiger partial charge in [0.1, 0.15) is 24.3 Å². The van der Waals surface area contributed by atoms with Crippen molar-refractivity contribution in [3.05, 3.63) is 65.1 Å². The van der Waals surface area contributed by atoms with Crippen molar-refractivity contribution in [2.24, 2.45) is 0 Å². The summed E-state index contributed by atoms with van der Waals surface area (Å²) in [6.07, 6.45) is 0.00669. The first kappa shape index (κ1) is 20.8. The Morgan fingerprint density at radius 3 is 2.59 bits per heavy atom. The van der Waals surface area contributed by atoms with E-state index in [-0.39, 0.29) is 12.8 Å². The summed E-state index contributed by atoms with van der Waals surface area (Å²) < 4.78 is 32.9. The molecule has 1 heterocycles. The number of halogens is 2. The SMILES string of the molecule is COc1cc(F)ccc1C(C)(C)CC(O)(CF)Cc1[nH]c2ccccc2c1C#N. The average molecular weight is 398 g/mol. The monoisotopic (exact) mass is 398 g/mol. The number of hydrogen-bond acceptors (Lipinski definition) is 3. The van der Waals surface area contributed by atoms with E-state index in [0.29, 0.717) is 22.6 Å². The van der Waals surface area contributed by atoms with Crippen LogP contribution >= 0.6 is 0 Å². The fraction of sp³-hybridized carbons (Fsp3) is 0.348. The lowest BCUT2D eigenvalue weighted by molar-refractivity contribution is -0.00951. The molecule has 0 aliphatic rings. The zero-order valence-corrected chi connectivity index (χ0v) is 16.7. The molecular weight excluding hydrogens is 374 g/mol. The van der Waals surface area contributed by atoms with Crippen molar-refractivity contribution in [2.45, 2.75) is 37.7 Å². The molecule has 3 rings (SSSR count). The second-order valence-electron chi connectivity index (χ2n) is 8.08. The Bertz CT molecular complexity index is 1070. The van der Waals surface area contributed by atoms with Crippen LogP contribution in [0.1, 0.15) is 37.1 Å². The van der Waals surface area contributed by atoms with Crippen LogP contribution in [0.25, 0.3) is 10.9 Å². The van der Waals surface area contributed by atoms with Gasteiger partial charge in [-0.1, -0.05) is 38.1 Å². The third-order valence-electron chi connectivity index (χ3n) is 5.31. The number of nitriles is 1. The van der Waals surface area contributed by atoms with E-state index >= 15 is 0 Å². The molecule has 152 valence electrons. The van der Waals surface area contributed by atoms with Gasteiger partial charge in [0, 0.05) is 34.6 Å². The molecule has 1 unspecified atom stereocenters. The molecule has 2 aromatic carbocycles. The van der Waals surface area contributed by atoms with Crippen LogP contribution in [0.3, 0.4) is 0 Å². The third kappa shape index (κ3) is 4.10. The summed E-state index contributed by atoms with van der Waals surface area (Å²) >= 11 is 0. The normalized spacial score (nSPS) is 13.8. The Morgan fingerprint density at radius 2 is 1.93 bits per heavy atom. The highest BCUT2D eigenvalue weighted by molar-refractivity contribution is 5.87.